The minimum absolute atomic E-state index is 0.109. The number of nitrogens with one attached hydrogen (secondary N) is 1. The van der Waals surface area contributed by atoms with Crippen molar-refractivity contribution in [3.8, 4) is 11.5 Å². The fourth-order valence-corrected chi connectivity index (χ4v) is 7.41. The second-order valence-electron chi connectivity index (χ2n) is 11.2. The molecule has 49 heavy (non-hydrogen) atoms. The number of para-hydroxylation sites is 1. The van der Waals surface area contributed by atoms with E-state index in [-0.39, 0.29) is 5.41 Å². The number of halogens is 6. The molecule has 0 spiro atoms. The molecule has 258 valence electrons. The molecule has 0 bridgehead atoms. The van der Waals surface area contributed by atoms with Crippen LogP contribution >= 0.6 is 34.4 Å². The van der Waals surface area contributed by atoms with Crippen LogP contribution in [0.1, 0.15) is 25.5 Å². The van der Waals surface area contributed by atoms with Gasteiger partial charge in [0, 0.05) is 39.0 Å². The number of ether oxygens (including phenoxy) is 1. The Labute approximate surface area is 288 Å². The molecule has 1 aliphatic rings. The number of thiophene rings is 1. The summed E-state index contributed by atoms with van der Waals surface area (Å²) in [4.78, 5) is 38.0. The molecule has 8 nitrogen and oxygen atoms in total. The number of benzene rings is 1. The molecule has 1 N–H and O–H groups in total. The molecule has 1 fully saturated rings. The summed E-state index contributed by atoms with van der Waals surface area (Å²) >= 11 is 4.99. The molecule has 0 radical (unpaired) electrons. The van der Waals surface area contributed by atoms with Gasteiger partial charge in [-0.05, 0) is 62.6 Å². The number of hydrogen-bond donors (Lipinski definition) is 1. The first-order chi connectivity index (χ1) is 23.1. The lowest BCUT2D eigenvalue weighted by atomic mass is 9.78. The van der Waals surface area contributed by atoms with Gasteiger partial charge in [0.1, 0.15) is 5.75 Å². The number of fused-ring (bicyclic) bond motifs is 1. The molecule has 1 aromatic carbocycles. The van der Waals surface area contributed by atoms with Gasteiger partial charge in [-0.3, -0.25) is 14.6 Å². The monoisotopic (exact) mass is 739 g/mol. The Kier molecular flexibility index (Phi) is 11.0. The Morgan fingerprint density at radius 3 is 2.29 bits per heavy atom. The maximum atomic E-state index is 11.2. The lowest BCUT2D eigenvalue weighted by Gasteiger charge is -2.36. The van der Waals surface area contributed by atoms with E-state index < -0.39 is 23.9 Å². The number of hydrogen-bond acceptors (Lipinski definition) is 11. The second-order valence-corrected chi connectivity index (χ2v) is 14.0. The highest BCUT2D eigenvalue weighted by atomic mass is 32.2. The van der Waals surface area contributed by atoms with Crippen molar-refractivity contribution < 1.29 is 40.7 Å². The van der Waals surface area contributed by atoms with Crippen LogP contribution in [0.3, 0.4) is 0 Å². The predicted octanol–water partition coefficient (Wildman–Crippen LogP) is 9.07. The van der Waals surface area contributed by atoms with Crippen molar-refractivity contribution in [1.82, 2.24) is 19.9 Å². The van der Waals surface area contributed by atoms with Gasteiger partial charge < -0.3 is 15.0 Å². The van der Waals surface area contributed by atoms with Gasteiger partial charge in [0.05, 0.1) is 15.9 Å². The molecule has 17 heteroatoms. The molecule has 5 aromatic rings. The molecule has 1 aliphatic heterocycles. The molecule has 0 saturated carbocycles. The Bertz CT molecular complexity index is 1900. The minimum Gasteiger partial charge on any atom is -0.453 e. The lowest BCUT2D eigenvalue weighted by Crippen LogP contribution is -2.39. The molecule has 5 heterocycles. The van der Waals surface area contributed by atoms with Crippen molar-refractivity contribution in [3.05, 3.63) is 77.4 Å². The van der Waals surface area contributed by atoms with Crippen molar-refractivity contribution in [2.45, 2.75) is 47.3 Å². The zero-order valence-corrected chi connectivity index (χ0v) is 28.2. The predicted molar refractivity (Wildman–Crippen MR) is 176 cm³/mol. The molecule has 0 unspecified atom stereocenters. The Morgan fingerprint density at radius 1 is 0.959 bits per heavy atom. The third-order valence-corrected chi connectivity index (χ3v) is 10.3. The Balaban J connectivity index is 0.000000335. The number of thiazole rings is 1. The number of aromatic nitrogens is 3. The Hall–Kier alpha value is -4.06. The summed E-state index contributed by atoms with van der Waals surface area (Å²) in [6.45, 7) is 4.53. The smallest absolute Gasteiger partial charge is 0.453 e. The van der Waals surface area contributed by atoms with Crippen LogP contribution in [0.15, 0.2) is 81.5 Å². The van der Waals surface area contributed by atoms with E-state index in [2.05, 4.69) is 39.9 Å². The zero-order valence-electron chi connectivity index (χ0n) is 25.8. The van der Waals surface area contributed by atoms with Gasteiger partial charge in [-0.1, -0.05) is 36.9 Å². The third-order valence-electron chi connectivity index (χ3n) is 7.49. The number of rotatable bonds is 8. The van der Waals surface area contributed by atoms with Gasteiger partial charge in [0.25, 0.3) is 0 Å². The van der Waals surface area contributed by atoms with Crippen LogP contribution in [-0.4, -0.2) is 63.9 Å². The highest BCUT2D eigenvalue weighted by molar-refractivity contribution is 7.99. The normalized spacial score (nSPS) is 14.9. The van der Waals surface area contributed by atoms with Gasteiger partial charge in [-0.25, -0.2) is 9.97 Å². The van der Waals surface area contributed by atoms with Gasteiger partial charge in [0.15, 0.2) is 16.7 Å². The molecule has 6 rings (SSSR count). The molecule has 4 aromatic heterocycles. The average molecular weight is 740 g/mol. The van der Waals surface area contributed by atoms with Gasteiger partial charge in [-0.15, -0.1) is 22.7 Å². The number of carbonyl (C=O) groups is 2. The number of ketones is 2. The molecule has 0 amide bonds. The fourth-order valence-electron chi connectivity index (χ4n) is 4.66. The van der Waals surface area contributed by atoms with E-state index in [1.54, 1.807) is 34.4 Å². The van der Waals surface area contributed by atoms with Crippen molar-refractivity contribution in [3.63, 3.8) is 0 Å². The summed E-state index contributed by atoms with van der Waals surface area (Å²) in [6.07, 6.45) is -5.57. The van der Waals surface area contributed by atoms with E-state index >= 15 is 0 Å². The number of likely N-dealkylation sites (tertiary alicyclic amines) is 1. The van der Waals surface area contributed by atoms with Crippen LogP contribution in [0.5, 0.6) is 11.5 Å². The van der Waals surface area contributed by atoms with Crippen LogP contribution in [0.4, 0.5) is 37.3 Å². The number of carbonyl (C=O) groups excluding carboxylic acids is 2. The fraction of sp³-hybridized carbons (Fsp3) is 0.281. The van der Waals surface area contributed by atoms with Crippen molar-refractivity contribution in [2.24, 2.45) is 0 Å². The molecular weight excluding hydrogens is 713 g/mol. The summed E-state index contributed by atoms with van der Waals surface area (Å²) in [6, 6.07) is 15.9. The standard InChI is InChI=1S/C28H27N5OS3.C4F6O2/c1-28(10-13-33(2)14-11-28)24-18-36-27(31-24)32-26-22(34-19-6-4-3-5-7-19)16-20(17-30-26)37-23-8-12-29-21-9-15-35-25(21)23;5-3(6,7)1(11)2(12)4(8,9)10/h3-9,12,15-18H,10-11,13-14H2,1-2H3,(H,30,31,32);. The molecule has 1 saturated heterocycles. The number of piperidine rings is 1. The number of nitrogens with zero attached hydrogens (tertiary/aromatic N) is 4. The van der Waals surface area contributed by atoms with E-state index in [4.69, 9.17) is 14.7 Å². The maximum Gasteiger partial charge on any atom is 0.458 e. The number of Topliss-reactive ketones (excluding diaryl/α,β-unsaturated/α-hetero) is 2. The van der Waals surface area contributed by atoms with Gasteiger partial charge >= 0.3 is 23.9 Å². The van der Waals surface area contributed by atoms with E-state index in [1.165, 1.54) is 4.70 Å². The summed E-state index contributed by atoms with van der Waals surface area (Å²) < 4.78 is 74.4. The zero-order chi connectivity index (χ0) is 35.4. The third kappa shape index (κ3) is 9.14. The van der Waals surface area contributed by atoms with Gasteiger partial charge in [0.2, 0.25) is 0 Å². The summed E-state index contributed by atoms with van der Waals surface area (Å²) in [5.41, 5.74) is 2.28. The topological polar surface area (TPSA) is 97.3 Å². The second kappa shape index (κ2) is 14.8. The Morgan fingerprint density at radius 2 is 1.63 bits per heavy atom. The van der Waals surface area contributed by atoms with E-state index in [0.29, 0.717) is 11.6 Å². The highest BCUT2D eigenvalue weighted by Gasteiger charge is 2.54. The van der Waals surface area contributed by atoms with Crippen molar-refractivity contribution >= 4 is 67.2 Å². The van der Waals surface area contributed by atoms with Crippen LogP contribution in [0.25, 0.3) is 10.2 Å². The van der Waals surface area contributed by atoms with Crippen LogP contribution < -0.4 is 10.1 Å². The summed E-state index contributed by atoms with van der Waals surface area (Å²) in [7, 11) is 2.19. The first-order valence-electron chi connectivity index (χ1n) is 14.5. The van der Waals surface area contributed by atoms with E-state index in [1.807, 2.05) is 60.9 Å². The van der Waals surface area contributed by atoms with Crippen LogP contribution in [0.2, 0.25) is 0 Å². The number of pyridine rings is 2. The average Bonchev–Trinajstić information content (AvgIpc) is 3.74. The molecular formula is C32H27F6N5O3S3. The minimum atomic E-state index is -5.77. The SMILES string of the molecule is CN1CCC(C)(c2csc(Nc3ncc(Sc4ccnc5ccsc45)cc3Oc3ccccc3)n2)CC1.O=C(C(=O)C(F)(F)F)C(F)(F)F. The van der Waals surface area contributed by atoms with Crippen molar-refractivity contribution in [1.29, 1.82) is 0 Å². The first kappa shape index (κ1) is 36.2. The first-order valence-corrected chi connectivity index (χ1v) is 17.1. The summed E-state index contributed by atoms with van der Waals surface area (Å²) in [5, 5.41) is 8.53. The lowest BCUT2D eigenvalue weighted by molar-refractivity contribution is -0.193. The van der Waals surface area contributed by atoms with E-state index in [9.17, 15) is 35.9 Å². The number of alkyl halides is 6. The van der Waals surface area contributed by atoms with Crippen molar-refractivity contribution in [2.75, 3.05) is 25.5 Å². The van der Waals surface area contributed by atoms with Crippen LogP contribution in [0, 0.1) is 0 Å². The molecule has 0 aliphatic carbocycles. The number of anilines is 2. The highest BCUT2D eigenvalue weighted by Crippen LogP contribution is 2.41. The largest absolute Gasteiger partial charge is 0.458 e. The summed E-state index contributed by atoms with van der Waals surface area (Å²) in [5.74, 6) is -4.74. The van der Waals surface area contributed by atoms with Gasteiger partial charge in [-0.2, -0.15) is 26.3 Å². The maximum absolute atomic E-state index is 11.2. The van der Waals surface area contributed by atoms with E-state index in [0.717, 1.165) is 57.8 Å². The molecule has 0 atom stereocenters. The quantitative estimate of drug-likeness (QED) is 0.124. The van der Waals surface area contributed by atoms with Crippen LogP contribution in [-0.2, 0) is 15.0 Å².